The van der Waals surface area contributed by atoms with Gasteiger partial charge in [-0.25, -0.2) is 0 Å². The molecule has 0 bridgehead atoms. The number of rotatable bonds is 8. The lowest BCUT2D eigenvalue weighted by Gasteiger charge is -2.12. The predicted octanol–water partition coefficient (Wildman–Crippen LogP) is 4.21. The van der Waals surface area contributed by atoms with E-state index in [1.54, 1.807) is 0 Å². The standard InChI is InChI=1S/C17H25NO3/c1-13(2)10-11-19-16-6-8-17(9-7-16)20-12-15(5)21-18-14(3)4/h6-10,15H,11-12H2,1-5H3. The van der Waals surface area contributed by atoms with Gasteiger partial charge in [0, 0.05) is 0 Å². The van der Waals surface area contributed by atoms with E-state index in [1.165, 1.54) is 5.57 Å². The number of nitrogens with zero attached hydrogens (tertiary/aromatic N) is 1. The molecule has 1 rings (SSSR count). The fraction of sp³-hybridized carbons (Fsp3) is 0.471. The smallest absolute Gasteiger partial charge is 0.158 e. The topological polar surface area (TPSA) is 40.0 Å². The first kappa shape index (κ1) is 17.1. The molecular formula is C17H25NO3. The van der Waals surface area contributed by atoms with Gasteiger partial charge in [0.05, 0.1) is 5.71 Å². The second kappa shape index (κ2) is 9.06. The summed E-state index contributed by atoms with van der Waals surface area (Å²) in [6.45, 7) is 10.8. The molecule has 0 fully saturated rings. The van der Waals surface area contributed by atoms with E-state index in [-0.39, 0.29) is 6.10 Å². The summed E-state index contributed by atoms with van der Waals surface area (Å²) in [4.78, 5) is 5.26. The normalized spacial score (nSPS) is 11.3. The highest BCUT2D eigenvalue weighted by Gasteiger charge is 2.04. The SMILES string of the molecule is CC(C)=CCOc1ccc(OCC(C)ON=C(C)C)cc1. The lowest BCUT2D eigenvalue weighted by atomic mass is 10.3. The Labute approximate surface area is 127 Å². The average Bonchev–Trinajstić information content (AvgIpc) is 2.44. The number of benzene rings is 1. The van der Waals surface area contributed by atoms with Crippen LogP contribution in [0, 0.1) is 0 Å². The zero-order valence-corrected chi connectivity index (χ0v) is 13.6. The van der Waals surface area contributed by atoms with Gasteiger partial charge in [-0.15, -0.1) is 0 Å². The largest absolute Gasteiger partial charge is 0.490 e. The van der Waals surface area contributed by atoms with Crippen molar-refractivity contribution in [3.8, 4) is 11.5 Å². The fourth-order valence-electron chi connectivity index (χ4n) is 1.38. The van der Waals surface area contributed by atoms with Gasteiger partial charge in [0.1, 0.15) is 24.7 Å². The van der Waals surface area contributed by atoms with Gasteiger partial charge in [0.2, 0.25) is 0 Å². The summed E-state index contributed by atoms with van der Waals surface area (Å²) in [5, 5.41) is 3.91. The molecule has 0 heterocycles. The Kier molecular flexibility index (Phi) is 7.37. The van der Waals surface area contributed by atoms with Crippen molar-refractivity contribution in [2.24, 2.45) is 5.16 Å². The Bertz CT molecular complexity index is 469. The second-order valence-electron chi connectivity index (χ2n) is 5.33. The molecule has 4 nitrogen and oxygen atoms in total. The number of hydrogen-bond acceptors (Lipinski definition) is 4. The molecule has 1 unspecified atom stereocenters. The lowest BCUT2D eigenvalue weighted by Crippen LogP contribution is -2.16. The van der Waals surface area contributed by atoms with E-state index in [0.29, 0.717) is 13.2 Å². The summed E-state index contributed by atoms with van der Waals surface area (Å²) in [6.07, 6.45) is 1.95. The van der Waals surface area contributed by atoms with Crippen LogP contribution in [-0.2, 0) is 4.84 Å². The van der Waals surface area contributed by atoms with Crippen LogP contribution < -0.4 is 9.47 Å². The molecule has 21 heavy (non-hydrogen) atoms. The Morgan fingerprint density at radius 1 is 1.05 bits per heavy atom. The summed E-state index contributed by atoms with van der Waals surface area (Å²) in [6, 6.07) is 7.57. The number of oxime groups is 1. The predicted molar refractivity (Wildman–Crippen MR) is 86.2 cm³/mol. The van der Waals surface area contributed by atoms with Gasteiger partial charge in [-0.1, -0.05) is 10.7 Å². The summed E-state index contributed by atoms with van der Waals surface area (Å²) in [5.41, 5.74) is 2.13. The monoisotopic (exact) mass is 291 g/mol. The molecule has 0 aliphatic heterocycles. The number of allylic oxidation sites excluding steroid dienone is 1. The quantitative estimate of drug-likeness (QED) is 0.409. The highest BCUT2D eigenvalue weighted by Crippen LogP contribution is 2.18. The Hall–Kier alpha value is -1.97. The molecular weight excluding hydrogens is 266 g/mol. The van der Waals surface area contributed by atoms with Crippen molar-refractivity contribution < 1.29 is 14.3 Å². The third-order valence-corrected chi connectivity index (χ3v) is 2.47. The van der Waals surface area contributed by atoms with Gasteiger partial charge in [-0.3, -0.25) is 0 Å². The molecule has 1 aromatic rings. The van der Waals surface area contributed by atoms with Crippen LogP contribution in [0.2, 0.25) is 0 Å². The maximum atomic E-state index is 5.64. The van der Waals surface area contributed by atoms with Gasteiger partial charge in [-0.2, -0.15) is 0 Å². The van der Waals surface area contributed by atoms with E-state index in [1.807, 2.05) is 65.0 Å². The van der Waals surface area contributed by atoms with Crippen LogP contribution in [-0.4, -0.2) is 25.0 Å². The molecule has 0 aromatic heterocycles. The van der Waals surface area contributed by atoms with E-state index in [4.69, 9.17) is 14.3 Å². The molecule has 4 heteroatoms. The van der Waals surface area contributed by atoms with E-state index < -0.39 is 0 Å². The van der Waals surface area contributed by atoms with Gasteiger partial charge in [0.15, 0.2) is 6.10 Å². The summed E-state index contributed by atoms with van der Waals surface area (Å²) >= 11 is 0. The van der Waals surface area contributed by atoms with Crippen LogP contribution >= 0.6 is 0 Å². The van der Waals surface area contributed by atoms with Crippen molar-refractivity contribution in [3.63, 3.8) is 0 Å². The highest BCUT2D eigenvalue weighted by atomic mass is 16.6. The molecule has 116 valence electrons. The van der Waals surface area contributed by atoms with Crippen LogP contribution in [0.15, 0.2) is 41.1 Å². The van der Waals surface area contributed by atoms with E-state index in [9.17, 15) is 0 Å². The van der Waals surface area contributed by atoms with E-state index in [2.05, 4.69) is 5.16 Å². The first-order valence-electron chi connectivity index (χ1n) is 7.13. The van der Waals surface area contributed by atoms with Gasteiger partial charge in [0.25, 0.3) is 0 Å². The van der Waals surface area contributed by atoms with Crippen molar-refractivity contribution in [2.75, 3.05) is 13.2 Å². The average molecular weight is 291 g/mol. The minimum absolute atomic E-state index is 0.0894. The number of ether oxygens (including phenoxy) is 2. The minimum atomic E-state index is -0.0894. The highest BCUT2D eigenvalue weighted by molar-refractivity contribution is 5.78. The van der Waals surface area contributed by atoms with E-state index in [0.717, 1.165) is 17.2 Å². The third kappa shape index (κ3) is 8.02. The summed E-state index contributed by atoms with van der Waals surface area (Å²) < 4.78 is 11.2. The molecule has 0 saturated heterocycles. The maximum Gasteiger partial charge on any atom is 0.158 e. The Balaban J connectivity index is 2.37. The van der Waals surface area contributed by atoms with Gasteiger partial charge < -0.3 is 14.3 Å². The molecule has 0 saturated carbocycles. The molecule has 0 N–H and O–H groups in total. The summed E-state index contributed by atoms with van der Waals surface area (Å²) in [5.74, 6) is 1.62. The van der Waals surface area contributed by atoms with Crippen LogP contribution in [0.3, 0.4) is 0 Å². The van der Waals surface area contributed by atoms with Crippen LogP contribution in [0.25, 0.3) is 0 Å². The molecule has 0 aliphatic carbocycles. The molecule has 0 radical (unpaired) electrons. The first-order valence-corrected chi connectivity index (χ1v) is 7.13. The van der Waals surface area contributed by atoms with Crippen LogP contribution in [0.1, 0.15) is 34.6 Å². The molecule has 0 aliphatic rings. The van der Waals surface area contributed by atoms with Crippen LogP contribution in [0.5, 0.6) is 11.5 Å². The molecule has 1 atom stereocenters. The van der Waals surface area contributed by atoms with Crippen molar-refractivity contribution >= 4 is 5.71 Å². The summed E-state index contributed by atoms with van der Waals surface area (Å²) in [7, 11) is 0. The lowest BCUT2D eigenvalue weighted by molar-refractivity contribution is 0.0364. The zero-order valence-electron chi connectivity index (χ0n) is 13.6. The Morgan fingerprint density at radius 3 is 2.14 bits per heavy atom. The van der Waals surface area contributed by atoms with Crippen molar-refractivity contribution in [3.05, 3.63) is 35.9 Å². The van der Waals surface area contributed by atoms with Crippen LogP contribution in [0.4, 0.5) is 0 Å². The van der Waals surface area contributed by atoms with Gasteiger partial charge >= 0.3 is 0 Å². The Morgan fingerprint density at radius 2 is 1.62 bits per heavy atom. The first-order chi connectivity index (χ1) is 9.97. The molecule has 1 aromatic carbocycles. The number of hydrogen-bond donors (Lipinski definition) is 0. The molecule has 0 amide bonds. The third-order valence-electron chi connectivity index (χ3n) is 2.47. The van der Waals surface area contributed by atoms with Gasteiger partial charge in [-0.05, 0) is 65.0 Å². The maximum absolute atomic E-state index is 5.64. The van der Waals surface area contributed by atoms with Crippen molar-refractivity contribution in [1.82, 2.24) is 0 Å². The van der Waals surface area contributed by atoms with Crippen molar-refractivity contribution in [1.29, 1.82) is 0 Å². The zero-order chi connectivity index (χ0) is 15.7. The molecule has 0 spiro atoms. The fourth-order valence-corrected chi connectivity index (χ4v) is 1.38. The van der Waals surface area contributed by atoms with Crippen molar-refractivity contribution in [2.45, 2.75) is 40.7 Å². The van der Waals surface area contributed by atoms with E-state index >= 15 is 0 Å². The second-order valence-corrected chi connectivity index (χ2v) is 5.33. The minimum Gasteiger partial charge on any atom is -0.490 e.